The van der Waals surface area contributed by atoms with Crippen LogP contribution in [0.3, 0.4) is 0 Å². The Balaban J connectivity index is 0.00000261. The summed E-state index contributed by atoms with van der Waals surface area (Å²) in [5.41, 5.74) is 1.45. The molecule has 2 unspecified atom stereocenters. The van der Waals surface area contributed by atoms with Gasteiger partial charge in [0, 0.05) is 46.3 Å². The van der Waals surface area contributed by atoms with Gasteiger partial charge in [-0.15, -0.1) is 24.0 Å². The van der Waals surface area contributed by atoms with E-state index >= 15 is 0 Å². The fourth-order valence-electron chi connectivity index (χ4n) is 4.03. The summed E-state index contributed by atoms with van der Waals surface area (Å²) < 4.78 is 5.43. The van der Waals surface area contributed by atoms with Crippen molar-refractivity contribution < 1.29 is 4.74 Å². The van der Waals surface area contributed by atoms with Crippen molar-refractivity contribution in [2.45, 2.75) is 19.8 Å². The standard InChI is InChI=1S/C21H34N4O.HI/c1-18(16-24-10-12-26-13-11-24)15-23-21(22-2)25-9-8-20(17-25)14-19-6-4-3-5-7-19;/h3-7,18,20H,8-17H2,1-2H3,(H,22,23);1H. The molecule has 2 heterocycles. The SMILES string of the molecule is CN=C(NCC(C)CN1CCOCC1)N1CCC(Cc2ccccc2)C1.I. The molecule has 0 spiro atoms. The highest BCUT2D eigenvalue weighted by molar-refractivity contribution is 14.0. The number of aliphatic imine (C=N–C) groups is 1. The van der Waals surface area contributed by atoms with Crippen molar-refractivity contribution in [3.05, 3.63) is 35.9 Å². The summed E-state index contributed by atoms with van der Waals surface area (Å²) in [5, 5.41) is 3.60. The van der Waals surface area contributed by atoms with Gasteiger partial charge >= 0.3 is 0 Å². The summed E-state index contributed by atoms with van der Waals surface area (Å²) in [6, 6.07) is 10.8. The largest absolute Gasteiger partial charge is 0.379 e. The molecule has 0 amide bonds. The Morgan fingerprint density at radius 1 is 1.22 bits per heavy atom. The summed E-state index contributed by atoms with van der Waals surface area (Å²) in [4.78, 5) is 9.46. The Morgan fingerprint density at radius 3 is 2.67 bits per heavy atom. The summed E-state index contributed by atoms with van der Waals surface area (Å²) >= 11 is 0. The molecule has 5 nitrogen and oxygen atoms in total. The highest BCUT2D eigenvalue weighted by atomic mass is 127. The first kappa shape index (κ1) is 22.4. The van der Waals surface area contributed by atoms with Gasteiger partial charge in [-0.1, -0.05) is 37.3 Å². The first-order valence-electron chi connectivity index (χ1n) is 10.0. The molecule has 2 aliphatic heterocycles. The van der Waals surface area contributed by atoms with Crippen LogP contribution < -0.4 is 5.32 Å². The van der Waals surface area contributed by atoms with E-state index in [9.17, 15) is 0 Å². The normalized spacial score (nSPS) is 22.4. The molecule has 0 aromatic heterocycles. The maximum atomic E-state index is 5.43. The smallest absolute Gasteiger partial charge is 0.193 e. The average molecular weight is 486 g/mol. The number of guanidine groups is 1. The number of benzene rings is 1. The molecular weight excluding hydrogens is 451 g/mol. The molecule has 0 bridgehead atoms. The van der Waals surface area contributed by atoms with Crippen molar-refractivity contribution in [2.24, 2.45) is 16.8 Å². The predicted molar refractivity (Wildman–Crippen MR) is 123 cm³/mol. The van der Waals surface area contributed by atoms with Gasteiger partial charge in [-0.25, -0.2) is 0 Å². The fourth-order valence-corrected chi connectivity index (χ4v) is 4.03. The first-order chi connectivity index (χ1) is 12.7. The molecule has 1 aromatic carbocycles. The van der Waals surface area contributed by atoms with Gasteiger partial charge in [0.15, 0.2) is 5.96 Å². The maximum absolute atomic E-state index is 5.43. The maximum Gasteiger partial charge on any atom is 0.193 e. The van der Waals surface area contributed by atoms with Crippen LogP contribution in [0.15, 0.2) is 35.3 Å². The van der Waals surface area contributed by atoms with Crippen LogP contribution in [-0.4, -0.2) is 75.3 Å². The minimum Gasteiger partial charge on any atom is -0.379 e. The van der Waals surface area contributed by atoms with E-state index < -0.39 is 0 Å². The highest BCUT2D eigenvalue weighted by Gasteiger charge is 2.25. The second kappa shape index (κ2) is 11.9. The molecule has 0 aliphatic carbocycles. The van der Waals surface area contributed by atoms with Crippen LogP contribution in [0.1, 0.15) is 18.9 Å². The van der Waals surface area contributed by atoms with Crippen LogP contribution >= 0.6 is 24.0 Å². The number of nitrogens with zero attached hydrogens (tertiary/aromatic N) is 3. The van der Waals surface area contributed by atoms with Crippen LogP contribution in [-0.2, 0) is 11.2 Å². The monoisotopic (exact) mass is 486 g/mol. The van der Waals surface area contributed by atoms with Crippen molar-refractivity contribution >= 4 is 29.9 Å². The molecule has 1 N–H and O–H groups in total. The third-order valence-electron chi connectivity index (χ3n) is 5.45. The third kappa shape index (κ3) is 7.23. The van der Waals surface area contributed by atoms with E-state index in [1.807, 2.05) is 7.05 Å². The Hall–Kier alpha value is -0.860. The molecule has 2 aliphatic rings. The van der Waals surface area contributed by atoms with Crippen molar-refractivity contribution in [3.8, 4) is 0 Å². The van der Waals surface area contributed by atoms with Gasteiger partial charge in [-0.05, 0) is 30.2 Å². The van der Waals surface area contributed by atoms with E-state index in [1.54, 1.807) is 0 Å². The van der Waals surface area contributed by atoms with E-state index in [1.165, 1.54) is 18.4 Å². The van der Waals surface area contributed by atoms with E-state index in [0.29, 0.717) is 5.92 Å². The van der Waals surface area contributed by atoms with Gasteiger partial charge in [-0.2, -0.15) is 0 Å². The predicted octanol–water partition coefficient (Wildman–Crippen LogP) is 2.71. The Kier molecular flexibility index (Phi) is 9.86. The molecule has 1 aromatic rings. The summed E-state index contributed by atoms with van der Waals surface area (Å²) in [5.74, 6) is 2.39. The summed E-state index contributed by atoms with van der Waals surface area (Å²) in [6.07, 6.45) is 2.42. The average Bonchev–Trinajstić information content (AvgIpc) is 3.12. The number of likely N-dealkylation sites (tertiary alicyclic amines) is 1. The number of halogens is 1. The lowest BCUT2D eigenvalue weighted by Gasteiger charge is -2.30. The number of ether oxygens (including phenoxy) is 1. The molecule has 27 heavy (non-hydrogen) atoms. The zero-order valence-corrected chi connectivity index (χ0v) is 19.1. The molecule has 0 radical (unpaired) electrons. The van der Waals surface area contributed by atoms with E-state index in [2.05, 4.69) is 57.4 Å². The van der Waals surface area contributed by atoms with E-state index in [4.69, 9.17) is 4.74 Å². The van der Waals surface area contributed by atoms with Crippen LogP contribution in [0, 0.1) is 11.8 Å². The van der Waals surface area contributed by atoms with E-state index in [0.717, 1.165) is 64.4 Å². The second-order valence-corrected chi connectivity index (χ2v) is 7.74. The molecule has 6 heteroatoms. The molecule has 2 saturated heterocycles. The quantitative estimate of drug-likeness (QED) is 0.382. The number of rotatable bonds is 6. The minimum absolute atomic E-state index is 0. The van der Waals surface area contributed by atoms with E-state index in [-0.39, 0.29) is 24.0 Å². The number of nitrogens with one attached hydrogen (secondary N) is 1. The van der Waals surface area contributed by atoms with Crippen molar-refractivity contribution in [3.63, 3.8) is 0 Å². The van der Waals surface area contributed by atoms with Gasteiger partial charge in [0.1, 0.15) is 0 Å². The van der Waals surface area contributed by atoms with Crippen LogP contribution in [0.25, 0.3) is 0 Å². The summed E-state index contributed by atoms with van der Waals surface area (Å²) in [7, 11) is 1.90. The topological polar surface area (TPSA) is 40.1 Å². The van der Waals surface area contributed by atoms with Crippen LogP contribution in [0.2, 0.25) is 0 Å². The molecule has 0 saturated carbocycles. The Bertz CT molecular complexity index is 563. The number of hydrogen-bond donors (Lipinski definition) is 1. The Labute approximate surface area is 181 Å². The molecule has 2 atom stereocenters. The minimum atomic E-state index is 0. The van der Waals surface area contributed by atoms with Crippen molar-refractivity contribution in [2.75, 3.05) is 59.5 Å². The lowest BCUT2D eigenvalue weighted by Crippen LogP contribution is -2.45. The molecule has 3 rings (SSSR count). The van der Waals surface area contributed by atoms with Crippen LogP contribution in [0.5, 0.6) is 0 Å². The molecule has 2 fully saturated rings. The fraction of sp³-hybridized carbons (Fsp3) is 0.667. The zero-order valence-electron chi connectivity index (χ0n) is 16.8. The number of morpholine rings is 1. The van der Waals surface area contributed by atoms with Gasteiger partial charge in [0.2, 0.25) is 0 Å². The van der Waals surface area contributed by atoms with Crippen molar-refractivity contribution in [1.29, 1.82) is 0 Å². The van der Waals surface area contributed by atoms with Gasteiger partial charge in [0.25, 0.3) is 0 Å². The second-order valence-electron chi connectivity index (χ2n) is 7.74. The zero-order chi connectivity index (χ0) is 18.2. The van der Waals surface area contributed by atoms with Crippen molar-refractivity contribution in [1.82, 2.24) is 15.1 Å². The Morgan fingerprint density at radius 2 is 1.96 bits per heavy atom. The lowest BCUT2D eigenvalue weighted by atomic mass is 9.99. The highest BCUT2D eigenvalue weighted by Crippen LogP contribution is 2.20. The van der Waals surface area contributed by atoms with Gasteiger partial charge in [-0.3, -0.25) is 9.89 Å². The number of hydrogen-bond acceptors (Lipinski definition) is 3. The van der Waals surface area contributed by atoms with Gasteiger partial charge in [0.05, 0.1) is 13.2 Å². The first-order valence-corrected chi connectivity index (χ1v) is 10.0. The molecule has 152 valence electrons. The summed E-state index contributed by atoms with van der Waals surface area (Å²) in [6.45, 7) is 10.5. The third-order valence-corrected chi connectivity index (χ3v) is 5.45. The molecular formula is C21H35IN4O. The van der Waals surface area contributed by atoms with Crippen LogP contribution in [0.4, 0.5) is 0 Å². The van der Waals surface area contributed by atoms with Gasteiger partial charge < -0.3 is 15.0 Å². The lowest BCUT2D eigenvalue weighted by molar-refractivity contribution is 0.0320.